The fourth-order valence-corrected chi connectivity index (χ4v) is 3.10. The lowest BCUT2D eigenvalue weighted by molar-refractivity contribution is -0.122. The fourth-order valence-electron chi connectivity index (χ4n) is 3.10. The summed E-state index contributed by atoms with van der Waals surface area (Å²) in [6.45, 7) is 8.85. The number of carbonyl (C=O) groups excluding carboxylic acids is 1. The van der Waals surface area contributed by atoms with E-state index in [4.69, 9.17) is 9.47 Å². The molecule has 162 valence electrons. The Kier molecular flexibility index (Phi) is 7.35. The van der Waals surface area contributed by atoms with E-state index in [1.54, 1.807) is 6.92 Å². The van der Waals surface area contributed by atoms with Crippen molar-refractivity contribution in [2.75, 3.05) is 11.9 Å². The predicted octanol–water partition coefficient (Wildman–Crippen LogP) is 6.01. The van der Waals surface area contributed by atoms with Crippen molar-refractivity contribution in [1.29, 1.82) is 0 Å². The van der Waals surface area contributed by atoms with E-state index >= 15 is 0 Å². The monoisotopic (exact) mass is 417 g/mol. The Morgan fingerprint density at radius 1 is 0.871 bits per heavy atom. The summed E-state index contributed by atoms with van der Waals surface area (Å²) in [5, 5.41) is 2.89. The quantitative estimate of drug-likeness (QED) is 0.488. The van der Waals surface area contributed by atoms with Gasteiger partial charge in [-0.25, -0.2) is 0 Å². The Bertz CT molecular complexity index is 958. The third-order valence-corrected chi connectivity index (χ3v) is 5.03. The van der Waals surface area contributed by atoms with Gasteiger partial charge >= 0.3 is 0 Å². The molecule has 3 aromatic carbocycles. The molecule has 0 saturated heterocycles. The molecular formula is C27H31NO3. The van der Waals surface area contributed by atoms with Crippen molar-refractivity contribution in [3.8, 4) is 11.5 Å². The number of amides is 1. The van der Waals surface area contributed by atoms with Crippen LogP contribution in [0.25, 0.3) is 0 Å². The van der Waals surface area contributed by atoms with Crippen molar-refractivity contribution < 1.29 is 14.3 Å². The van der Waals surface area contributed by atoms with Gasteiger partial charge in [-0.15, -0.1) is 0 Å². The van der Waals surface area contributed by atoms with Crippen molar-refractivity contribution in [2.45, 2.75) is 45.6 Å². The van der Waals surface area contributed by atoms with E-state index in [9.17, 15) is 4.79 Å². The summed E-state index contributed by atoms with van der Waals surface area (Å²) in [5.41, 5.74) is 3.26. The van der Waals surface area contributed by atoms with E-state index in [1.807, 2.05) is 66.7 Å². The first-order chi connectivity index (χ1) is 14.8. The van der Waals surface area contributed by atoms with Crippen LogP contribution in [0.2, 0.25) is 0 Å². The van der Waals surface area contributed by atoms with Crippen molar-refractivity contribution >= 4 is 11.6 Å². The SMILES string of the molecule is CC(Oc1ccc(C(C)(C)C)cc1)C(=O)Nc1ccc(OCCc2ccccc2)cc1. The average Bonchev–Trinajstić information content (AvgIpc) is 2.75. The van der Waals surface area contributed by atoms with Crippen LogP contribution >= 0.6 is 0 Å². The molecule has 3 rings (SSSR count). The van der Waals surface area contributed by atoms with E-state index in [0.29, 0.717) is 18.0 Å². The predicted molar refractivity (Wildman–Crippen MR) is 126 cm³/mol. The number of hydrogen-bond donors (Lipinski definition) is 1. The highest BCUT2D eigenvalue weighted by atomic mass is 16.5. The van der Waals surface area contributed by atoms with Crippen LogP contribution in [0.4, 0.5) is 5.69 Å². The van der Waals surface area contributed by atoms with Gasteiger partial charge < -0.3 is 14.8 Å². The zero-order valence-electron chi connectivity index (χ0n) is 18.7. The number of rotatable bonds is 8. The Morgan fingerprint density at radius 2 is 1.48 bits per heavy atom. The zero-order valence-corrected chi connectivity index (χ0v) is 18.7. The van der Waals surface area contributed by atoms with Gasteiger partial charge in [-0.3, -0.25) is 4.79 Å². The highest BCUT2D eigenvalue weighted by molar-refractivity contribution is 5.94. The Morgan fingerprint density at radius 3 is 2.10 bits per heavy atom. The molecule has 0 aliphatic heterocycles. The molecular weight excluding hydrogens is 386 g/mol. The van der Waals surface area contributed by atoms with Gasteiger partial charge in [0.2, 0.25) is 0 Å². The molecule has 31 heavy (non-hydrogen) atoms. The zero-order chi connectivity index (χ0) is 22.3. The molecule has 1 N–H and O–H groups in total. The number of benzene rings is 3. The Balaban J connectivity index is 1.47. The molecule has 0 aromatic heterocycles. The highest BCUT2D eigenvalue weighted by Crippen LogP contribution is 2.25. The molecule has 0 radical (unpaired) electrons. The molecule has 4 heteroatoms. The van der Waals surface area contributed by atoms with Crippen LogP contribution < -0.4 is 14.8 Å². The van der Waals surface area contributed by atoms with Crippen molar-refractivity contribution in [3.63, 3.8) is 0 Å². The van der Waals surface area contributed by atoms with Crippen molar-refractivity contribution in [3.05, 3.63) is 90.0 Å². The third-order valence-electron chi connectivity index (χ3n) is 5.03. The maximum Gasteiger partial charge on any atom is 0.265 e. The highest BCUT2D eigenvalue weighted by Gasteiger charge is 2.17. The smallest absolute Gasteiger partial charge is 0.265 e. The topological polar surface area (TPSA) is 47.6 Å². The second-order valence-corrected chi connectivity index (χ2v) is 8.63. The van der Waals surface area contributed by atoms with Crippen LogP contribution in [-0.4, -0.2) is 18.6 Å². The van der Waals surface area contributed by atoms with E-state index in [2.05, 4.69) is 38.2 Å². The Labute approximate surface area is 185 Å². The lowest BCUT2D eigenvalue weighted by Gasteiger charge is -2.20. The summed E-state index contributed by atoms with van der Waals surface area (Å²) in [4.78, 5) is 12.5. The van der Waals surface area contributed by atoms with Crippen LogP contribution in [0.1, 0.15) is 38.8 Å². The van der Waals surface area contributed by atoms with Crippen molar-refractivity contribution in [1.82, 2.24) is 0 Å². The molecule has 0 heterocycles. The lowest BCUT2D eigenvalue weighted by Crippen LogP contribution is -2.30. The van der Waals surface area contributed by atoms with Crippen LogP contribution in [-0.2, 0) is 16.6 Å². The minimum Gasteiger partial charge on any atom is -0.493 e. The second kappa shape index (κ2) is 10.2. The van der Waals surface area contributed by atoms with Gasteiger partial charge in [0.05, 0.1) is 6.61 Å². The molecule has 3 aromatic rings. The minimum absolute atomic E-state index is 0.0823. The van der Waals surface area contributed by atoms with E-state index in [0.717, 1.165) is 12.2 Å². The van der Waals surface area contributed by atoms with Crippen molar-refractivity contribution in [2.24, 2.45) is 0 Å². The maximum absolute atomic E-state index is 12.5. The van der Waals surface area contributed by atoms with Gasteiger partial charge in [0.25, 0.3) is 5.91 Å². The molecule has 0 fully saturated rings. The van der Waals surface area contributed by atoms with Gasteiger partial charge in [-0.2, -0.15) is 0 Å². The van der Waals surface area contributed by atoms with E-state index < -0.39 is 6.10 Å². The number of carbonyl (C=O) groups is 1. The first kappa shape index (κ1) is 22.4. The van der Waals surface area contributed by atoms with Crippen LogP contribution in [0.5, 0.6) is 11.5 Å². The van der Waals surface area contributed by atoms with Gasteiger partial charge in [-0.1, -0.05) is 63.2 Å². The molecule has 0 bridgehead atoms. The lowest BCUT2D eigenvalue weighted by atomic mass is 9.87. The van der Waals surface area contributed by atoms with E-state index in [-0.39, 0.29) is 11.3 Å². The number of anilines is 1. The summed E-state index contributed by atoms with van der Waals surface area (Å²) >= 11 is 0. The first-order valence-corrected chi connectivity index (χ1v) is 10.7. The molecule has 0 aliphatic rings. The summed E-state index contributed by atoms with van der Waals surface area (Å²) in [6, 6.07) is 25.5. The molecule has 1 unspecified atom stereocenters. The largest absolute Gasteiger partial charge is 0.493 e. The molecule has 0 spiro atoms. The minimum atomic E-state index is -0.609. The third kappa shape index (κ3) is 6.88. The summed E-state index contributed by atoms with van der Waals surface area (Å²) in [5.74, 6) is 1.26. The molecule has 4 nitrogen and oxygen atoms in total. The molecule has 0 saturated carbocycles. The fraction of sp³-hybridized carbons (Fsp3) is 0.296. The maximum atomic E-state index is 12.5. The number of hydrogen-bond acceptors (Lipinski definition) is 3. The first-order valence-electron chi connectivity index (χ1n) is 10.7. The molecule has 1 amide bonds. The standard InChI is InChI=1S/C27H31NO3/c1-20(31-25-14-10-22(11-15-25)27(2,3)4)26(29)28-23-12-16-24(17-13-23)30-19-18-21-8-6-5-7-9-21/h5-17,20H,18-19H2,1-4H3,(H,28,29). The van der Waals surface area contributed by atoms with Crippen LogP contribution in [0.15, 0.2) is 78.9 Å². The number of ether oxygens (including phenoxy) is 2. The van der Waals surface area contributed by atoms with Gasteiger partial charge in [0.1, 0.15) is 11.5 Å². The molecule has 0 aliphatic carbocycles. The number of nitrogens with one attached hydrogen (secondary N) is 1. The van der Waals surface area contributed by atoms with Crippen LogP contribution in [0.3, 0.4) is 0 Å². The normalized spacial score (nSPS) is 12.1. The van der Waals surface area contributed by atoms with Gasteiger partial charge in [0.15, 0.2) is 6.10 Å². The summed E-state index contributed by atoms with van der Waals surface area (Å²) in [7, 11) is 0. The van der Waals surface area contributed by atoms with Gasteiger partial charge in [-0.05, 0) is 59.9 Å². The van der Waals surface area contributed by atoms with E-state index in [1.165, 1.54) is 11.1 Å². The average molecular weight is 418 g/mol. The van der Waals surface area contributed by atoms with Crippen LogP contribution in [0, 0.1) is 0 Å². The second-order valence-electron chi connectivity index (χ2n) is 8.63. The molecule has 1 atom stereocenters. The van der Waals surface area contributed by atoms with Gasteiger partial charge in [0, 0.05) is 12.1 Å². The summed E-state index contributed by atoms with van der Waals surface area (Å²) in [6.07, 6.45) is 0.243. The Hall–Kier alpha value is -3.27. The summed E-state index contributed by atoms with van der Waals surface area (Å²) < 4.78 is 11.6.